The summed E-state index contributed by atoms with van der Waals surface area (Å²) in [6.07, 6.45) is 8.29. The molecule has 0 aliphatic rings. The number of nitriles is 1. The maximum atomic E-state index is 10.9. The van der Waals surface area contributed by atoms with Crippen LogP contribution in [0.3, 0.4) is 0 Å². The Labute approximate surface area is 152 Å². The molecule has 2 N–H and O–H groups in total. The number of aromatic nitrogens is 2. The van der Waals surface area contributed by atoms with Gasteiger partial charge in [0, 0.05) is 24.4 Å². The fourth-order valence-corrected chi connectivity index (χ4v) is 2.26. The van der Waals surface area contributed by atoms with E-state index in [2.05, 4.69) is 22.9 Å². The van der Waals surface area contributed by atoms with Gasteiger partial charge in [0.1, 0.15) is 11.4 Å². The lowest BCUT2D eigenvalue weighted by Crippen LogP contribution is -2.29. The van der Waals surface area contributed by atoms with Gasteiger partial charge in [-0.05, 0) is 39.4 Å². The Morgan fingerprint density at radius 1 is 1.48 bits per heavy atom. The number of hydrogen-bond donors (Lipinski definition) is 2. The van der Waals surface area contributed by atoms with Gasteiger partial charge in [-0.25, -0.2) is 4.98 Å². The summed E-state index contributed by atoms with van der Waals surface area (Å²) in [5, 5.41) is 22.8. The van der Waals surface area contributed by atoms with Crippen LogP contribution >= 0.6 is 0 Å². The van der Waals surface area contributed by atoms with Gasteiger partial charge in [-0.15, -0.1) is 0 Å². The van der Waals surface area contributed by atoms with Crippen LogP contribution in [0.2, 0.25) is 0 Å². The topological polar surface area (TPSA) is 73.9 Å². The minimum atomic E-state index is -0.955. The zero-order valence-corrected chi connectivity index (χ0v) is 16.4. The van der Waals surface area contributed by atoms with Gasteiger partial charge in [0.2, 0.25) is 0 Å². The lowest BCUT2D eigenvalue weighted by Gasteiger charge is -2.24. The van der Waals surface area contributed by atoms with E-state index in [0.29, 0.717) is 36.5 Å². The van der Waals surface area contributed by atoms with Crippen molar-refractivity contribution in [3.63, 3.8) is 0 Å². The van der Waals surface area contributed by atoms with Crippen LogP contribution in [0.4, 0.5) is 0 Å². The molecule has 1 aromatic rings. The molecule has 0 saturated heterocycles. The number of aliphatic hydroxyl groups is 1. The number of imidazole rings is 1. The van der Waals surface area contributed by atoms with E-state index in [1.54, 1.807) is 19.1 Å². The Balaban J connectivity index is 0.00000277. The SMILES string of the molecule is C=C/C(=C\C=C(/C)C#N)c1nc(C(O)(CC)CCNC)cn1C.CC. The highest BCUT2D eigenvalue weighted by molar-refractivity contribution is 5.71. The van der Waals surface area contributed by atoms with Crippen LogP contribution in [0, 0.1) is 11.3 Å². The molecule has 0 amide bonds. The lowest BCUT2D eigenvalue weighted by molar-refractivity contribution is 0.0201. The third-order valence-electron chi connectivity index (χ3n) is 3.89. The van der Waals surface area contributed by atoms with E-state index in [-0.39, 0.29) is 0 Å². The number of nitrogens with zero attached hydrogens (tertiary/aromatic N) is 3. The van der Waals surface area contributed by atoms with Gasteiger partial charge in [-0.3, -0.25) is 0 Å². The summed E-state index contributed by atoms with van der Waals surface area (Å²) in [7, 11) is 3.75. The number of hydrogen-bond acceptors (Lipinski definition) is 4. The van der Waals surface area contributed by atoms with Crippen molar-refractivity contribution >= 4 is 5.57 Å². The first-order valence-electron chi connectivity index (χ1n) is 8.74. The Morgan fingerprint density at radius 3 is 2.60 bits per heavy atom. The molecule has 0 bridgehead atoms. The zero-order valence-electron chi connectivity index (χ0n) is 16.4. The third kappa shape index (κ3) is 6.33. The van der Waals surface area contributed by atoms with Gasteiger partial charge in [-0.2, -0.15) is 5.26 Å². The molecule has 138 valence electrons. The molecule has 25 heavy (non-hydrogen) atoms. The van der Waals surface area contributed by atoms with Crippen molar-refractivity contribution in [1.29, 1.82) is 5.26 Å². The normalized spacial score (nSPS) is 14.2. The van der Waals surface area contributed by atoms with E-state index in [0.717, 1.165) is 5.57 Å². The summed E-state index contributed by atoms with van der Waals surface area (Å²) < 4.78 is 1.87. The van der Waals surface area contributed by atoms with E-state index in [1.807, 2.05) is 51.7 Å². The van der Waals surface area contributed by atoms with Crippen molar-refractivity contribution in [1.82, 2.24) is 14.9 Å². The van der Waals surface area contributed by atoms with E-state index in [4.69, 9.17) is 5.26 Å². The molecule has 0 spiro atoms. The average Bonchev–Trinajstić information content (AvgIpc) is 3.04. The first-order valence-corrected chi connectivity index (χ1v) is 8.74. The molecule has 5 heteroatoms. The van der Waals surface area contributed by atoms with Crippen molar-refractivity contribution in [2.45, 2.75) is 46.1 Å². The minimum Gasteiger partial charge on any atom is -0.383 e. The minimum absolute atomic E-state index is 0.589. The van der Waals surface area contributed by atoms with Crippen LogP contribution in [-0.2, 0) is 12.6 Å². The fourth-order valence-electron chi connectivity index (χ4n) is 2.26. The number of rotatable bonds is 8. The molecule has 0 radical (unpaired) electrons. The molecule has 0 saturated carbocycles. The van der Waals surface area contributed by atoms with Crippen molar-refractivity contribution < 1.29 is 5.11 Å². The monoisotopic (exact) mass is 344 g/mol. The molecule has 0 aliphatic carbocycles. The molecule has 1 rings (SSSR count). The van der Waals surface area contributed by atoms with Crippen LogP contribution in [-0.4, -0.2) is 28.3 Å². The zero-order chi connectivity index (χ0) is 19.5. The summed E-state index contributed by atoms with van der Waals surface area (Å²) in [5.41, 5.74) is 1.11. The second-order valence-electron chi connectivity index (χ2n) is 5.59. The van der Waals surface area contributed by atoms with Gasteiger partial charge in [0.05, 0.1) is 11.8 Å². The predicted molar refractivity (Wildman–Crippen MR) is 105 cm³/mol. The molecule has 5 nitrogen and oxygen atoms in total. The molecule has 1 atom stereocenters. The highest BCUT2D eigenvalue weighted by atomic mass is 16.3. The average molecular weight is 345 g/mol. The number of aryl methyl sites for hydroxylation is 1. The van der Waals surface area contributed by atoms with E-state index >= 15 is 0 Å². The highest BCUT2D eigenvalue weighted by Crippen LogP contribution is 2.29. The van der Waals surface area contributed by atoms with Crippen LogP contribution in [0.25, 0.3) is 5.57 Å². The van der Waals surface area contributed by atoms with Gasteiger partial charge >= 0.3 is 0 Å². The largest absolute Gasteiger partial charge is 0.383 e. The van der Waals surface area contributed by atoms with Crippen molar-refractivity contribution in [3.05, 3.63) is 48.1 Å². The molecule has 1 heterocycles. The second-order valence-corrected chi connectivity index (χ2v) is 5.59. The maximum absolute atomic E-state index is 10.9. The summed E-state index contributed by atoms with van der Waals surface area (Å²) in [4.78, 5) is 4.61. The van der Waals surface area contributed by atoms with Crippen LogP contribution in [0.15, 0.2) is 36.6 Å². The standard InChI is InChI=1S/C18H26N4O.C2H6/c1-6-15(9-8-14(3)12-19)17-21-16(13-22(17)5)18(23,7-2)10-11-20-4;1-2/h6,8-9,13,20,23H,1,7,10-11H2,2-5H3;1-2H3/b14-8+,15-9+;. The third-order valence-corrected chi connectivity index (χ3v) is 3.89. The van der Waals surface area contributed by atoms with Crippen molar-refractivity contribution in [2.75, 3.05) is 13.6 Å². The fraction of sp³-hybridized carbons (Fsp3) is 0.500. The van der Waals surface area contributed by atoms with Gasteiger partial charge in [-0.1, -0.05) is 39.5 Å². The first-order chi connectivity index (χ1) is 11.9. The predicted octanol–water partition coefficient (Wildman–Crippen LogP) is 3.69. The van der Waals surface area contributed by atoms with E-state index < -0.39 is 5.60 Å². The van der Waals surface area contributed by atoms with Gasteiger partial charge < -0.3 is 15.0 Å². The van der Waals surface area contributed by atoms with Crippen LogP contribution < -0.4 is 5.32 Å². The summed E-state index contributed by atoms with van der Waals surface area (Å²) >= 11 is 0. The molecule has 1 unspecified atom stereocenters. The van der Waals surface area contributed by atoms with E-state index in [9.17, 15) is 5.11 Å². The van der Waals surface area contributed by atoms with Gasteiger partial charge in [0.25, 0.3) is 0 Å². The molecule has 0 aromatic carbocycles. The summed E-state index contributed by atoms with van der Waals surface area (Å²) in [6.45, 7) is 12.2. The Hall–Kier alpha value is -2.16. The van der Waals surface area contributed by atoms with E-state index in [1.165, 1.54) is 0 Å². The highest BCUT2D eigenvalue weighted by Gasteiger charge is 2.30. The Morgan fingerprint density at radius 2 is 2.12 bits per heavy atom. The number of allylic oxidation sites excluding steroid dienone is 5. The quantitative estimate of drug-likeness (QED) is 0.557. The molecule has 1 aromatic heterocycles. The maximum Gasteiger partial charge on any atom is 0.140 e. The Bertz CT molecular complexity index is 649. The van der Waals surface area contributed by atoms with Crippen molar-refractivity contribution in [2.24, 2.45) is 7.05 Å². The van der Waals surface area contributed by atoms with Crippen molar-refractivity contribution in [3.8, 4) is 6.07 Å². The van der Waals surface area contributed by atoms with Gasteiger partial charge in [0.15, 0.2) is 0 Å². The summed E-state index contributed by atoms with van der Waals surface area (Å²) in [6, 6.07) is 2.08. The molecular weight excluding hydrogens is 312 g/mol. The van der Waals surface area contributed by atoms with Crippen LogP contribution in [0.5, 0.6) is 0 Å². The molecule has 0 aliphatic heterocycles. The molecule has 0 fully saturated rings. The Kier molecular flexibility index (Phi) is 10.4. The smallest absolute Gasteiger partial charge is 0.140 e. The lowest BCUT2D eigenvalue weighted by atomic mass is 9.93. The summed E-state index contributed by atoms with van der Waals surface area (Å²) in [5.74, 6) is 0.716. The number of nitrogens with one attached hydrogen (secondary N) is 1. The van der Waals surface area contributed by atoms with Crippen LogP contribution in [0.1, 0.15) is 52.1 Å². The first kappa shape index (κ1) is 22.8. The molecular formula is C20H32N4O. The second kappa shape index (κ2) is 11.4.